The Hall–Kier alpha value is -1.46. The molecular weight excluding hydrogens is 266 g/mol. The summed E-state index contributed by atoms with van der Waals surface area (Å²) in [6.07, 6.45) is 0. The molecule has 1 aliphatic heterocycles. The number of anilines is 1. The molecule has 0 amide bonds. The van der Waals surface area contributed by atoms with Crippen LogP contribution in [0.4, 0.5) is 5.69 Å². The number of oxime groups is 1. The van der Waals surface area contributed by atoms with Gasteiger partial charge >= 0.3 is 0 Å². The van der Waals surface area contributed by atoms with Crippen LogP contribution in [0.1, 0.15) is 19.4 Å². The second-order valence-electron chi connectivity index (χ2n) is 5.17. The summed E-state index contributed by atoms with van der Waals surface area (Å²) in [6.45, 7) is 6.35. The third-order valence-electron chi connectivity index (χ3n) is 3.29. The predicted molar refractivity (Wildman–Crippen MR) is 76.2 cm³/mol. The Labute approximate surface area is 117 Å². The van der Waals surface area contributed by atoms with Crippen LogP contribution in [0.15, 0.2) is 23.4 Å². The number of amidine groups is 1. The molecule has 2 rings (SSSR count). The molecule has 0 bridgehead atoms. The number of nitrogens with two attached hydrogens (primary N) is 1. The van der Waals surface area contributed by atoms with E-state index in [0.29, 0.717) is 23.8 Å². The number of benzene rings is 1. The highest BCUT2D eigenvalue weighted by atomic mass is 35.5. The largest absolute Gasteiger partial charge is 0.409 e. The normalized spacial score (nSPS) is 19.5. The summed E-state index contributed by atoms with van der Waals surface area (Å²) in [5.41, 5.74) is 6.98. The van der Waals surface area contributed by atoms with Gasteiger partial charge in [-0.25, -0.2) is 0 Å². The Bertz CT molecular complexity index is 503. The van der Waals surface area contributed by atoms with Crippen LogP contribution in [0.5, 0.6) is 0 Å². The molecular formula is C13H18ClN3O2. The van der Waals surface area contributed by atoms with E-state index in [-0.39, 0.29) is 11.4 Å². The number of morpholine rings is 1. The van der Waals surface area contributed by atoms with E-state index in [0.717, 1.165) is 12.2 Å². The van der Waals surface area contributed by atoms with Crippen LogP contribution < -0.4 is 10.6 Å². The summed E-state index contributed by atoms with van der Waals surface area (Å²) < 4.78 is 5.50. The maximum atomic E-state index is 8.67. The molecule has 6 heteroatoms. The second-order valence-corrected chi connectivity index (χ2v) is 5.58. The summed E-state index contributed by atoms with van der Waals surface area (Å²) in [5, 5.41) is 12.2. The fourth-order valence-corrected chi connectivity index (χ4v) is 2.53. The first-order valence-electron chi connectivity index (χ1n) is 6.08. The van der Waals surface area contributed by atoms with Crippen molar-refractivity contribution in [1.29, 1.82) is 0 Å². The van der Waals surface area contributed by atoms with Gasteiger partial charge in [-0.1, -0.05) is 16.8 Å². The minimum absolute atomic E-state index is 0.0506. The number of nitrogens with zero attached hydrogens (tertiary/aromatic N) is 2. The molecule has 1 aliphatic rings. The summed E-state index contributed by atoms with van der Waals surface area (Å²) in [6, 6.07) is 5.39. The van der Waals surface area contributed by atoms with Crippen molar-refractivity contribution in [3.63, 3.8) is 0 Å². The van der Waals surface area contributed by atoms with Gasteiger partial charge < -0.3 is 20.6 Å². The summed E-state index contributed by atoms with van der Waals surface area (Å²) in [7, 11) is 0. The standard InChI is InChI=1S/C13H18ClN3O2/c1-13(2)8-19-6-5-17(13)11-4-3-9(7-10(11)14)12(15)16-18/h3-4,7,18H,5-6,8H2,1-2H3,(H2,15,16). The van der Waals surface area contributed by atoms with E-state index in [4.69, 9.17) is 27.3 Å². The van der Waals surface area contributed by atoms with E-state index in [1.54, 1.807) is 12.1 Å². The lowest BCUT2D eigenvalue weighted by molar-refractivity contribution is 0.0644. The Morgan fingerprint density at radius 1 is 1.53 bits per heavy atom. The van der Waals surface area contributed by atoms with Crippen molar-refractivity contribution in [3.8, 4) is 0 Å². The van der Waals surface area contributed by atoms with E-state index in [2.05, 4.69) is 23.9 Å². The zero-order valence-corrected chi connectivity index (χ0v) is 11.8. The third-order valence-corrected chi connectivity index (χ3v) is 3.59. The molecule has 1 aromatic rings. The zero-order chi connectivity index (χ0) is 14.0. The number of rotatable bonds is 2. The molecule has 1 fully saturated rings. The van der Waals surface area contributed by atoms with E-state index in [1.165, 1.54) is 0 Å². The van der Waals surface area contributed by atoms with Crippen LogP contribution in [0, 0.1) is 0 Å². The smallest absolute Gasteiger partial charge is 0.170 e. The molecule has 0 aliphatic carbocycles. The first-order chi connectivity index (χ1) is 8.95. The molecule has 0 unspecified atom stereocenters. The quantitative estimate of drug-likeness (QED) is 0.377. The van der Waals surface area contributed by atoms with Gasteiger partial charge in [0, 0.05) is 12.1 Å². The van der Waals surface area contributed by atoms with E-state index >= 15 is 0 Å². The predicted octanol–water partition coefficient (Wildman–Crippen LogP) is 2.05. The molecule has 0 spiro atoms. The van der Waals surface area contributed by atoms with Gasteiger partial charge in [0.25, 0.3) is 0 Å². The zero-order valence-electron chi connectivity index (χ0n) is 11.1. The van der Waals surface area contributed by atoms with Gasteiger partial charge in [-0.3, -0.25) is 0 Å². The van der Waals surface area contributed by atoms with Crippen molar-refractivity contribution in [2.24, 2.45) is 10.9 Å². The first-order valence-corrected chi connectivity index (χ1v) is 6.46. The minimum Gasteiger partial charge on any atom is -0.409 e. The topological polar surface area (TPSA) is 71.1 Å². The van der Waals surface area contributed by atoms with Crippen molar-refractivity contribution in [2.45, 2.75) is 19.4 Å². The molecule has 5 nitrogen and oxygen atoms in total. The SMILES string of the molecule is CC1(C)COCCN1c1ccc(C(N)=NO)cc1Cl. The third kappa shape index (κ3) is 2.77. The number of ether oxygens (including phenoxy) is 1. The van der Waals surface area contributed by atoms with Gasteiger partial charge in [0.2, 0.25) is 0 Å². The van der Waals surface area contributed by atoms with Gasteiger partial charge in [-0.15, -0.1) is 0 Å². The molecule has 19 heavy (non-hydrogen) atoms. The Morgan fingerprint density at radius 3 is 2.84 bits per heavy atom. The van der Waals surface area contributed by atoms with E-state index in [9.17, 15) is 0 Å². The number of hydrogen-bond donors (Lipinski definition) is 2. The Morgan fingerprint density at radius 2 is 2.26 bits per heavy atom. The lowest BCUT2D eigenvalue weighted by Gasteiger charge is -2.44. The lowest BCUT2D eigenvalue weighted by atomic mass is 10.0. The van der Waals surface area contributed by atoms with Crippen molar-refractivity contribution in [2.75, 3.05) is 24.7 Å². The van der Waals surface area contributed by atoms with Gasteiger partial charge in [-0.2, -0.15) is 0 Å². The molecule has 0 atom stereocenters. The fraction of sp³-hybridized carbons (Fsp3) is 0.462. The van der Waals surface area contributed by atoms with E-state index in [1.807, 2.05) is 6.07 Å². The minimum atomic E-state index is -0.111. The van der Waals surface area contributed by atoms with Crippen LogP contribution in [0.25, 0.3) is 0 Å². The molecule has 0 saturated carbocycles. The molecule has 104 valence electrons. The van der Waals surface area contributed by atoms with Crippen molar-refractivity contribution >= 4 is 23.1 Å². The molecule has 0 aromatic heterocycles. The molecule has 0 radical (unpaired) electrons. The van der Waals surface area contributed by atoms with Crippen LogP contribution >= 0.6 is 11.6 Å². The summed E-state index contributed by atoms with van der Waals surface area (Å²) in [5.74, 6) is 0.0506. The highest BCUT2D eigenvalue weighted by molar-refractivity contribution is 6.33. The Kier molecular flexibility index (Phi) is 3.87. The molecule has 1 aromatic carbocycles. The van der Waals surface area contributed by atoms with Crippen LogP contribution in [0.2, 0.25) is 5.02 Å². The number of halogens is 1. The molecule has 3 N–H and O–H groups in total. The van der Waals surface area contributed by atoms with Crippen molar-refractivity contribution < 1.29 is 9.94 Å². The molecule has 1 heterocycles. The second kappa shape index (κ2) is 5.27. The average Bonchev–Trinajstić information content (AvgIpc) is 2.38. The highest BCUT2D eigenvalue weighted by Gasteiger charge is 2.31. The van der Waals surface area contributed by atoms with Crippen LogP contribution in [0.3, 0.4) is 0 Å². The van der Waals surface area contributed by atoms with Gasteiger partial charge in [0.1, 0.15) is 0 Å². The van der Waals surface area contributed by atoms with Crippen molar-refractivity contribution in [3.05, 3.63) is 28.8 Å². The summed E-state index contributed by atoms with van der Waals surface area (Å²) >= 11 is 6.32. The average molecular weight is 284 g/mol. The van der Waals surface area contributed by atoms with Crippen LogP contribution in [-0.4, -0.2) is 36.3 Å². The Balaban J connectivity index is 2.35. The fourth-order valence-electron chi connectivity index (χ4n) is 2.25. The van der Waals surface area contributed by atoms with Gasteiger partial charge in [-0.05, 0) is 32.0 Å². The highest BCUT2D eigenvalue weighted by Crippen LogP contribution is 2.33. The van der Waals surface area contributed by atoms with Crippen molar-refractivity contribution in [1.82, 2.24) is 0 Å². The maximum Gasteiger partial charge on any atom is 0.170 e. The van der Waals surface area contributed by atoms with Gasteiger partial charge in [0.15, 0.2) is 5.84 Å². The monoisotopic (exact) mass is 283 g/mol. The first kappa shape index (κ1) is 14.0. The molecule has 1 saturated heterocycles. The lowest BCUT2D eigenvalue weighted by Crippen LogP contribution is -2.53. The van der Waals surface area contributed by atoms with E-state index < -0.39 is 0 Å². The number of hydrogen-bond acceptors (Lipinski definition) is 4. The maximum absolute atomic E-state index is 8.67. The van der Waals surface area contributed by atoms with Crippen LogP contribution in [-0.2, 0) is 4.74 Å². The van der Waals surface area contributed by atoms with Gasteiger partial charge in [0.05, 0.1) is 29.5 Å². The summed E-state index contributed by atoms with van der Waals surface area (Å²) in [4.78, 5) is 2.22.